The maximum Gasteiger partial charge on any atom is 0.253 e. The number of amides is 1. The van der Waals surface area contributed by atoms with Crippen LogP contribution in [-0.2, 0) is 0 Å². The number of pyridine rings is 1. The molecule has 0 unspecified atom stereocenters. The van der Waals surface area contributed by atoms with Gasteiger partial charge in [0, 0.05) is 31.4 Å². The van der Waals surface area contributed by atoms with E-state index in [4.69, 9.17) is 4.74 Å². The van der Waals surface area contributed by atoms with Gasteiger partial charge >= 0.3 is 0 Å². The molecule has 2 heterocycles. The predicted molar refractivity (Wildman–Crippen MR) is 98.6 cm³/mol. The minimum absolute atomic E-state index is 0. The van der Waals surface area contributed by atoms with Crippen molar-refractivity contribution >= 4 is 30.7 Å². The highest BCUT2D eigenvalue weighted by molar-refractivity contribution is 5.94. The smallest absolute Gasteiger partial charge is 0.253 e. The Morgan fingerprint density at radius 3 is 2.54 bits per heavy atom. The third kappa shape index (κ3) is 5.37. The van der Waals surface area contributed by atoms with Crippen molar-refractivity contribution in [2.75, 3.05) is 26.2 Å². The summed E-state index contributed by atoms with van der Waals surface area (Å²) in [6.07, 6.45) is 4.35. The molecule has 1 aliphatic rings. The third-order valence-corrected chi connectivity index (χ3v) is 3.60. The minimum atomic E-state index is 0. The third-order valence-electron chi connectivity index (χ3n) is 3.60. The van der Waals surface area contributed by atoms with Gasteiger partial charge in [-0.3, -0.25) is 9.78 Å². The van der Waals surface area contributed by atoms with Crippen LogP contribution in [0.5, 0.6) is 11.5 Å². The highest BCUT2D eigenvalue weighted by Crippen LogP contribution is 2.21. The van der Waals surface area contributed by atoms with Crippen molar-refractivity contribution in [1.29, 1.82) is 0 Å². The van der Waals surface area contributed by atoms with Crippen molar-refractivity contribution in [1.82, 2.24) is 15.2 Å². The summed E-state index contributed by atoms with van der Waals surface area (Å²) >= 11 is 0. The minimum Gasteiger partial charge on any atom is -0.456 e. The van der Waals surface area contributed by atoms with Gasteiger partial charge in [0.25, 0.3) is 5.91 Å². The molecule has 0 atom stereocenters. The van der Waals surface area contributed by atoms with Crippen LogP contribution in [0.1, 0.15) is 16.8 Å². The van der Waals surface area contributed by atoms with Crippen molar-refractivity contribution in [2.24, 2.45) is 0 Å². The maximum atomic E-state index is 12.5. The largest absolute Gasteiger partial charge is 0.456 e. The van der Waals surface area contributed by atoms with Crippen LogP contribution in [0.4, 0.5) is 0 Å². The van der Waals surface area contributed by atoms with Gasteiger partial charge in [-0.25, -0.2) is 0 Å². The van der Waals surface area contributed by atoms with Crippen molar-refractivity contribution in [3.05, 3.63) is 54.4 Å². The molecule has 3 rings (SSSR count). The fourth-order valence-electron chi connectivity index (χ4n) is 2.44. The normalized spacial score (nSPS) is 13.9. The molecule has 7 heteroatoms. The standard InChI is InChI=1S/C17H19N3O2.2ClH/c21-17(20-11-2-9-18-10-12-20)14-4-6-15(7-5-14)22-16-3-1-8-19-13-16;;/h1,3-8,13,18H,2,9-12H2;2*1H. The van der Waals surface area contributed by atoms with Gasteiger partial charge in [-0.2, -0.15) is 0 Å². The van der Waals surface area contributed by atoms with E-state index in [1.54, 1.807) is 12.4 Å². The van der Waals surface area contributed by atoms with Gasteiger partial charge in [0.05, 0.1) is 6.20 Å². The molecule has 2 aromatic rings. The van der Waals surface area contributed by atoms with E-state index >= 15 is 0 Å². The Morgan fingerprint density at radius 2 is 1.83 bits per heavy atom. The van der Waals surface area contributed by atoms with Gasteiger partial charge in [-0.1, -0.05) is 0 Å². The molecular weight excluding hydrogens is 349 g/mol. The zero-order chi connectivity index (χ0) is 15.2. The fraction of sp³-hybridized carbons (Fsp3) is 0.294. The number of rotatable bonds is 3. The maximum absolute atomic E-state index is 12.5. The molecule has 0 spiro atoms. The van der Waals surface area contributed by atoms with E-state index in [1.165, 1.54) is 0 Å². The summed E-state index contributed by atoms with van der Waals surface area (Å²) < 4.78 is 5.68. The zero-order valence-corrected chi connectivity index (χ0v) is 14.8. The highest BCUT2D eigenvalue weighted by Gasteiger charge is 2.16. The summed E-state index contributed by atoms with van der Waals surface area (Å²) in [5.74, 6) is 1.46. The zero-order valence-electron chi connectivity index (χ0n) is 13.2. The summed E-state index contributed by atoms with van der Waals surface area (Å²) in [5, 5.41) is 3.30. The van der Waals surface area contributed by atoms with Gasteiger partial charge in [-0.15, -0.1) is 24.8 Å². The predicted octanol–water partition coefficient (Wildman–Crippen LogP) is 3.15. The molecule has 0 saturated carbocycles. The van der Waals surface area contributed by atoms with Crippen LogP contribution in [0.25, 0.3) is 0 Å². The van der Waals surface area contributed by atoms with E-state index in [9.17, 15) is 4.79 Å². The number of benzene rings is 1. The van der Waals surface area contributed by atoms with E-state index in [1.807, 2.05) is 41.3 Å². The second kappa shape index (κ2) is 10.1. The van der Waals surface area contributed by atoms with E-state index in [2.05, 4.69) is 10.3 Å². The topological polar surface area (TPSA) is 54.5 Å². The van der Waals surface area contributed by atoms with Gasteiger partial charge < -0.3 is 15.0 Å². The molecule has 1 N–H and O–H groups in total. The van der Waals surface area contributed by atoms with E-state index in [-0.39, 0.29) is 30.7 Å². The summed E-state index contributed by atoms with van der Waals surface area (Å²) in [6, 6.07) is 10.9. The molecule has 0 radical (unpaired) electrons. The molecule has 1 aromatic heterocycles. The lowest BCUT2D eigenvalue weighted by Gasteiger charge is -2.20. The Hall–Kier alpha value is -1.82. The molecule has 130 valence electrons. The SMILES string of the molecule is Cl.Cl.O=C(c1ccc(Oc2cccnc2)cc1)N1CCCNCC1. The van der Waals surface area contributed by atoms with Crippen LogP contribution >= 0.6 is 24.8 Å². The Balaban J connectivity index is 0.00000144. The lowest BCUT2D eigenvalue weighted by molar-refractivity contribution is 0.0766. The van der Waals surface area contributed by atoms with Crippen molar-refractivity contribution in [2.45, 2.75) is 6.42 Å². The second-order valence-electron chi connectivity index (χ2n) is 5.21. The molecule has 5 nitrogen and oxygen atoms in total. The number of carbonyl (C=O) groups excluding carboxylic acids is 1. The first-order valence-corrected chi connectivity index (χ1v) is 7.51. The Bertz CT molecular complexity index is 615. The van der Waals surface area contributed by atoms with Gasteiger partial charge in [0.1, 0.15) is 11.5 Å². The van der Waals surface area contributed by atoms with Crippen LogP contribution in [0, 0.1) is 0 Å². The Morgan fingerprint density at radius 1 is 1.04 bits per heavy atom. The summed E-state index contributed by atoms with van der Waals surface area (Å²) in [6.45, 7) is 3.39. The van der Waals surface area contributed by atoms with Crippen LogP contribution < -0.4 is 10.1 Å². The fourth-order valence-corrected chi connectivity index (χ4v) is 2.44. The molecule has 0 bridgehead atoms. The first-order valence-electron chi connectivity index (χ1n) is 7.51. The number of hydrogen-bond donors (Lipinski definition) is 1. The Labute approximate surface area is 154 Å². The average Bonchev–Trinajstić information content (AvgIpc) is 2.85. The number of halogens is 2. The summed E-state index contributed by atoms with van der Waals surface area (Å²) in [4.78, 5) is 18.4. The number of carbonyl (C=O) groups is 1. The number of nitrogens with zero attached hydrogens (tertiary/aromatic N) is 2. The quantitative estimate of drug-likeness (QED) is 0.902. The van der Waals surface area contributed by atoms with Gasteiger partial charge in [0.2, 0.25) is 0 Å². The summed E-state index contributed by atoms with van der Waals surface area (Å²) in [7, 11) is 0. The number of ether oxygens (including phenoxy) is 1. The van der Waals surface area contributed by atoms with E-state index < -0.39 is 0 Å². The second-order valence-corrected chi connectivity index (χ2v) is 5.21. The van der Waals surface area contributed by atoms with Crippen molar-refractivity contribution in [3.8, 4) is 11.5 Å². The molecule has 24 heavy (non-hydrogen) atoms. The first-order chi connectivity index (χ1) is 10.8. The number of hydrogen-bond acceptors (Lipinski definition) is 4. The Kier molecular flexibility index (Phi) is 8.54. The molecule has 1 saturated heterocycles. The first kappa shape index (κ1) is 20.2. The summed E-state index contributed by atoms with van der Waals surface area (Å²) in [5.41, 5.74) is 0.695. The molecular formula is C17H21Cl2N3O2. The molecule has 1 fully saturated rings. The van der Waals surface area contributed by atoms with Crippen molar-refractivity contribution in [3.63, 3.8) is 0 Å². The monoisotopic (exact) mass is 369 g/mol. The number of nitrogens with one attached hydrogen (secondary N) is 1. The average molecular weight is 370 g/mol. The van der Waals surface area contributed by atoms with Crippen LogP contribution in [-0.4, -0.2) is 42.0 Å². The van der Waals surface area contributed by atoms with E-state index in [0.717, 1.165) is 32.6 Å². The van der Waals surface area contributed by atoms with Crippen molar-refractivity contribution < 1.29 is 9.53 Å². The number of aromatic nitrogens is 1. The van der Waals surface area contributed by atoms with Crippen LogP contribution in [0.2, 0.25) is 0 Å². The molecule has 0 aliphatic carbocycles. The molecule has 1 aromatic carbocycles. The highest BCUT2D eigenvalue weighted by atomic mass is 35.5. The van der Waals surface area contributed by atoms with Gasteiger partial charge in [-0.05, 0) is 49.4 Å². The molecule has 1 aliphatic heterocycles. The van der Waals surface area contributed by atoms with E-state index in [0.29, 0.717) is 17.1 Å². The molecule has 1 amide bonds. The van der Waals surface area contributed by atoms with Crippen LogP contribution in [0.15, 0.2) is 48.8 Å². The lowest BCUT2D eigenvalue weighted by atomic mass is 10.2. The van der Waals surface area contributed by atoms with Crippen LogP contribution in [0.3, 0.4) is 0 Å². The van der Waals surface area contributed by atoms with Gasteiger partial charge in [0.15, 0.2) is 0 Å². The lowest BCUT2D eigenvalue weighted by Crippen LogP contribution is -2.34.